The lowest BCUT2D eigenvalue weighted by Gasteiger charge is -2.08. The fraction of sp³-hybridized carbons (Fsp3) is 0.333. The molecule has 96 valence electrons. The second-order valence-electron chi connectivity index (χ2n) is 3.14. The molecule has 0 aliphatic heterocycles. The van der Waals surface area contributed by atoms with E-state index in [2.05, 4.69) is 0 Å². The Morgan fingerprint density at radius 2 is 1.71 bits per heavy atom. The van der Waals surface area contributed by atoms with Crippen molar-refractivity contribution in [2.45, 2.75) is 11.1 Å². The fourth-order valence-corrected chi connectivity index (χ4v) is 2.11. The lowest BCUT2D eigenvalue weighted by molar-refractivity contribution is -0.137. The molecule has 0 aromatic heterocycles. The average Bonchev–Trinajstić information content (AvgIpc) is 2.25. The third-order valence-electron chi connectivity index (χ3n) is 1.90. The van der Waals surface area contributed by atoms with Crippen molar-refractivity contribution in [2.24, 2.45) is 0 Å². The SMILES string of the molecule is O=S(=O)(NCCO)c1ccc(C(F)(F)F)cc1. The summed E-state index contributed by atoms with van der Waals surface area (Å²) in [4.78, 5) is -0.279. The lowest BCUT2D eigenvalue weighted by Crippen LogP contribution is -2.26. The molecule has 0 saturated heterocycles. The summed E-state index contributed by atoms with van der Waals surface area (Å²) in [6.07, 6.45) is -4.50. The molecule has 1 aromatic carbocycles. The van der Waals surface area contributed by atoms with Gasteiger partial charge in [-0.2, -0.15) is 13.2 Å². The Kier molecular flexibility index (Phi) is 4.12. The first-order valence-electron chi connectivity index (χ1n) is 4.55. The molecule has 0 radical (unpaired) electrons. The molecule has 1 aromatic rings. The van der Waals surface area contributed by atoms with E-state index in [4.69, 9.17) is 5.11 Å². The monoisotopic (exact) mass is 269 g/mol. The minimum atomic E-state index is -4.50. The van der Waals surface area contributed by atoms with Gasteiger partial charge < -0.3 is 5.11 Å². The van der Waals surface area contributed by atoms with Gasteiger partial charge in [-0.1, -0.05) is 0 Å². The van der Waals surface area contributed by atoms with Gasteiger partial charge in [0.2, 0.25) is 10.0 Å². The van der Waals surface area contributed by atoms with Crippen LogP contribution in [0.5, 0.6) is 0 Å². The highest BCUT2D eigenvalue weighted by Gasteiger charge is 2.30. The summed E-state index contributed by atoms with van der Waals surface area (Å²) in [6, 6.07) is 3.10. The molecular weight excluding hydrogens is 259 g/mol. The van der Waals surface area contributed by atoms with Crippen LogP contribution >= 0.6 is 0 Å². The van der Waals surface area contributed by atoms with Crippen molar-refractivity contribution in [2.75, 3.05) is 13.2 Å². The maximum atomic E-state index is 12.2. The molecule has 0 fully saturated rings. The molecule has 4 nitrogen and oxygen atoms in total. The zero-order valence-electron chi connectivity index (χ0n) is 8.53. The van der Waals surface area contributed by atoms with Crippen LogP contribution in [-0.2, 0) is 16.2 Å². The number of aliphatic hydroxyl groups is 1. The molecule has 0 amide bonds. The molecule has 0 aliphatic rings. The van der Waals surface area contributed by atoms with Gasteiger partial charge in [-0.15, -0.1) is 0 Å². The quantitative estimate of drug-likeness (QED) is 0.856. The van der Waals surface area contributed by atoms with Gasteiger partial charge in [-0.25, -0.2) is 13.1 Å². The maximum Gasteiger partial charge on any atom is 0.416 e. The normalized spacial score (nSPS) is 12.7. The number of nitrogens with one attached hydrogen (secondary N) is 1. The molecule has 0 bridgehead atoms. The molecule has 8 heteroatoms. The van der Waals surface area contributed by atoms with Crippen molar-refractivity contribution >= 4 is 10.0 Å². The molecule has 0 unspecified atom stereocenters. The topological polar surface area (TPSA) is 66.4 Å². The first-order valence-corrected chi connectivity index (χ1v) is 6.03. The molecule has 0 aliphatic carbocycles. The molecule has 17 heavy (non-hydrogen) atoms. The van der Waals surface area contributed by atoms with Gasteiger partial charge in [-0.05, 0) is 24.3 Å². The van der Waals surface area contributed by atoms with E-state index in [-0.39, 0.29) is 18.0 Å². The number of hydrogen-bond acceptors (Lipinski definition) is 3. The van der Waals surface area contributed by atoms with E-state index in [1.165, 1.54) is 0 Å². The van der Waals surface area contributed by atoms with Gasteiger partial charge >= 0.3 is 6.18 Å². The summed E-state index contributed by atoms with van der Waals surface area (Å²) in [6.45, 7) is -0.580. The highest BCUT2D eigenvalue weighted by molar-refractivity contribution is 7.89. The number of sulfonamides is 1. The van der Waals surface area contributed by atoms with Gasteiger partial charge in [0.25, 0.3) is 0 Å². The Hall–Kier alpha value is -1.12. The number of aliphatic hydroxyl groups excluding tert-OH is 1. The molecule has 0 heterocycles. The zero-order chi connectivity index (χ0) is 13.1. The number of halogens is 3. The Morgan fingerprint density at radius 3 is 2.12 bits per heavy atom. The average molecular weight is 269 g/mol. The molecule has 0 atom stereocenters. The molecule has 0 spiro atoms. The van der Waals surface area contributed by atoms with Crippen molar-refractivity contribution in [3.8, 4) is 0 Å². The van der Waals surface area contributed by atoms with Gasteiger partial charge in [0, 0.05) is 6.54 Å². The van der Waals surface area contributed by atoms with E-state index in [1.807, 2.05) is 4.72 Å². The third kappa shape index (κ3) is 3.69. The largest absolute Gasteiger partial charge is 0.416 e. The van der Waals surface area contributed by atoms with Crippen molar-refractivity contribution in [3.05, 3.63) is 29.8 Å². The highest BCUT2D eigenvalue weighted by Crippen LogP contribution is 2.29. The van der Waals surface area contributed by atoms with E-state index in [0.29, 0.717) is 12.1 Å². The number of alkyl halides is 3. The summed E-state index contributed by atoms with van der Waals surface area (Å²) < 4.78 is 61.6. The van der Waals surface area contributed by atoms with E-state index < -0.39 is 21.8 Å². The van der Waals surface area contributed by atoms with Crippen LogP contribution in [0.1, 0.15) is 5.56 Å². The Balaban J connectivity index is 2.95. The summed E-state index contributed by atoms with van der Waals surface area (Å²) in [7, 11) is -3.86. The first kappa shape index (κ1) is 13.9. The van der Waals surface area contributed by atoms with Crippen molar-refractivity contribution in [1.82, 2.24) is 4.72 Å². The van der Waals surface area contributed by atoms with Crippen LogP contribution in [0, 0.1) is 0 Å². The van der Waals surface area contributed by atoms with Crippen molar-refractivity contribution < 1.29 is 26.7 Å². The van der Waals surface area contributed by atoms with Gasteiger partial charge in [0.1, 0.15) is 0 Å². The van der Waals surface area contributed by atoms with Gasteiger partial charge in [0.05, 0.1) is 17.1 Å². The number of rotatable bonds is 4. The van der Waals surface area contributed by atoms with E-state index in [0.717, 1.165) is 12.1 Å². The summed E-state index contributed by atoms with van der Waals surface area (Å²) in [5, 5.41) is 8.45. The van der Waals surface area contributed by atoms with Crippen LogP contribution in [0.2, 0.25) is 0 Å². The molecule has 0 saturated carbocycles. The van der Waals surface area contributed by atoms with Crippen molar-refractivity contribution in [1.29, 1.82) is 0 Å². The molecule has 2 N–H and O–H groups in total. The van der Waals surface area contributed by atoms with Crippen LogP contribution in [0.15, 0.2) is 29.2 Å². The second kappa shape index (κ2) is 5.03. The maximum absolute atomic E-state index is 12.2. The molecule has 1 rings (SSSR count). The van der Waals surface area contributed by atoms with Crippen LogP contribution in [0.3, 0.4) is 0 Å². The smallest absolute Gasteiger partial charge is 0.395 e. The predicted octanol–water partition coefficient (Wildman–Crippen LogP) is 0.976. The third-order valence-corrected chi connectivity index (χ3v) is 3.37. The van der Waals surface area contributed by atoms with E-state index in [1.54, 1.807) is 0 Å². The minimum Gasteiger partial charge on any atom is -0.395 e. The Bertz CT molecular complexity index is 467. The van der Waals surface area contributed by atoms with Crippen LogP contribution in [-0.4, -0.2) is 26.7 Å². The Morgan fingerprint density at radius 1 is 1.18 bits per heavy atom. The summed E-state index contributed by atoms with van der Waals surface area (Å²) in [5.41, 5.74) is -0.918. The second-order valence-corrected chi connectivity index (χ2v) is 4.91. The van der Waals surface area contributed by atoms with E-state index >= 15 is 0 Å². The van der Waals surface area contributed by atoms with Crippen LogP contribution < -0.4 is 4.72 Å². The van der Waals surface area contributed by atoms with E-state index in [9.17, 15) is 21.6 Å². The standard InChI is InChI=1S/C9H10F3NO3S/c10-9(11,12)7-1-3-8(4-2-7)17(15,16)13-5-6-14/h1-4,13-14H,5-6H2. The van der Waals surface area contributed by atoms with Crippen LogP contribution in [0.25, 0.3) is 0 Å². The Labute approximate surface area is 96.1 Å². The summed E-state index contributed by atoms with van der Waals surface area (Å²) >= 11 is 0. The van der Waals surface area contributed by atoms with Gasteiger partial charge in [-0.3, -0.25) is 0 Å². The van der Waals surface area contributed by atoms with Crippen LogP contribution in [0.4, 0.5) is 13.2 Å². The zero-order valence-corrected chi connectivity index (χ0v) is 9.35. The van der Waals surface area contributed by atoms with Crippen molar-refractivity contribution in [3.63, 3.8) is 0 Å². The first-order chi connectivity index (χ1) is 7.77. The lowest BCUT2D eigenvalue weighted by atomic mass is 10.2. The van der Waals surface area contributed by atoms with Gasteiger partial charge in [0.15, 0.2) is 0 Å². The number of benzene rings is 1. The molecular formula is C9H10F3NO3S. The highest BCUT2D eigenvalue weighted by atomic mass is 32.2. The predicted molar refractivity (Wildman–Crippen MR) is 53.7 cm³/mol. The fourth-order valence-electron chi connectivity index (χ4n) is 1.09. The number of hydrogen-bond donors (Lipinski definition) is 2. The summed E-state index contributed by atoms with van der Waals surface area (Å²) in [5.74, 6) is 0. The minimum absolute atomic E-state index is 0.191.